The van der Waals surface area contributed by atoms with E-state index in [1.54, 1.807) is 0 Å². The molecule has 6 aromatic carbocycles. The molecular formula is C48H42N2. The molecule has 0 amide bonds. The first kappa shape index (κ1) is 30.5. The van der Waals surface area contributed by atoms with Crippen LogP contribution in [-0.2, 0) is 0 Å². The van der Waals surface area contributed by atoms with E-state index in [2.05, 4.69) is 173 Å². The van der Waals surface area contributed by atoms with Gasteiger partial charge in [-0.15, -0.1) is 0 Å². The van der Waals surface area contributed by atoms with E-state index >= 15 is 0 Å². The molecule has 0 saturated carbocycles. The van der Waals surface area contributed by atoms with E-state index in [1.165, 1.54) is 112 Å². The van der Waals surface area contributed by atoms with Crippen LogP contribution in [0.25, 0.3) is 44.2 Å². The van der Waals surface area contributed by atoms with E-state index in [9.17, 15) is 0 Å². The van der Waals surface area contributed by atoms with E-state index in [4.69, 9.17) is 0 Å². The van der Waals surface area contributed by atoms with Gasteiger partial charge >= 0.3 is 0 Å². The predicted octanol–water partition coefficient (Wildman–Crippen LogP) is 13.7. The first-order valence-corrected chi connectivity index (χ1v) is 18.4. The molecule has 2 heteroatoms. The van der Waals surface area contributed by atoms with E-state index < -0.39 is 0 Å². The van der Waals surface area contributed by atoms with Crippen LogP contribution in [0.5, 0.6) is 0 Å². The molecule has 1 atom stereocenters. The van der Waals surface area contributed by atoms with Gasteiger partial charge in [-0.3, -0.25) is 0 Å². The summed E-state index contributed by atoms with van der Waals surface area (Å²) in [6.45, 7) is 0. The van der Waals surface area contributed by atoms with Crippen LogP contribution in [-0.4, -0.2) is 4.57 Å². The molecule has 0 spiro atoms. The molecule has 0 radical (unpaired) electrons. The van der Waals surface area contributed by atoms with Gasteiger partial charge in [-0.05, 0) is 133 Å². The van der Waals surface area contributed by atoms with Gasteiger partial charge in [0.05, 0.1) is 11.0 Å². The molecule has 9 rings (SSSR count). The fourth-order valence-electron chi connectivity index (χ4n) is 8.14. The molecule has 0 bridgehead atoms. The molecule has 1 unspecified atom stereocenters. The highest BCUT2D eigenvalue weighted by Gasteiger charge is 2.17. The van der Waals surface area contributed by atoms with Crippen molar-refractivity contribution in [1.29, 1.82) is 0 Å². The summed E-state index contributed by atoms with van der Waals surface area (Å²) < 4.78 is 2.38. The summed E-state index contributed by atoms with van der Waals surface area (Å²) in [7, 11) is 0. The molecule has 1 heterocycles. The van der Waals surface area contributed by atoms with Crippen LogP contribution in [0.3, 0.4) is 0 Å². The van der Waals surface area contributed by atoms with Crippen LogP contribution < -0.4 is 4.90 Å². The zero-order valence-corrected chi connectivity index (χ0v) is 28.5. The number of para-hydroxylation sites is 2. The molecule has 0 N–H and O–H groups in total. The zero-order valence-electron chi connectivity index (χ0n) is 28.5. The van der Waals surface area contributed by atoms with Crippen molar-refractivity contribution in [2.45, 2.75) is 50.9 Å². The molecular weight excluding hydrogens is 605 g/mol. The molecule has 0 saturated heterocycles. The van der Waals surface area contributed by atoms with E-state index in [0.717, 1.165) is 5.69 Å². The van der Waals surface area contributed by atoms with Crippen LogP contribution >= 0.6 is 0 Å². The number of allylic oxidation sites excluding steroid dienone is 4. The van der Waals surface area contributed by atoms with Crippen molar-refractivity contribution in [3.05, 3.63) is 175 Å². The van der Waals surface area contributed by atoms with Gasteiger partial charge in [-0.2, -0.15) is 0 Å². The van der Waals surface area contributed by atoms with Gasteiger partial charge in [-0.1, -0.05) is 103 Å². The molecule has 244 valence electrons. The number of aromatic nitrogens is 1. The highest BCUT2D eigenvalue weighted by atomic mass is 15.1. The number of nitrogens with zero attached hydrogens (tertiary/aromatic N) is 2. The zero-order chi connectivity index (χ0) is 33.3. The number of hydrogen-bond donors (Lipinski definition) is 0. The van der Waals surface area contributed by atoms with Crippen LogP contribution in [0.1, 0.15) is 62.0 Å². The van der Waals surface area contributed by atoms with Gasteiger partial charge in [0.15, 0.2) is 0 Å². The Kier molecular flexibility index (Phi) is 8.14. The Hall–Kier alpha value is -5.60. The molecule has 2 aliphatic rings. The summed E-state index contributed by atoms with van der Waals surface area (Å²) in [5, 5.41) is 2.57. The Bertz CT molecular complexity index is 2270. The van der Waals surface area contributed by atoms with Crippen molar-refractivity contribution in [3.63, 3.8) is 0 Å². The van der Waals surface area contributed by atoms with Crippen molar-refractivity contribution in [3.8, 4) is 16.8 Å². The summed E-state index contributed by atoms with van der Waals surface area (Å²) in [5.74, 6) is 0.523. The van der Waals surface area contributed by atoms with Crippen LogP contribution in [0.2, 0.25) is 0 Å². The molecule has 1 aromatic heterocycles. The van der Waals surface area contributed by atoms with Gasteiger partial charge in [0.2, 0.25) is 0 Å². The number of rotatable bonds is 7. The van der Waals surface area contributed by atoms with Gasteiger partial charge in [-0.25, -0.2) is 0 Å². The summed E-state index contributed by atoms with van der Waals surface area (Å²) >= 11 is 0. The van der Waals surface area contributed by atoms with Crippen LogP contribution in [0.4, 0.5) is 17.1 Å². The summed E-state index contributed by atoms with van der Waals surface area (Å²) in [6.07, 6.45) is 15.9. The third-order valence-electron chi connectivity index (χ3n) is 10.8. The SMILES string of the molecule is C1=CC(c2ccc(N(c3ccc(C4=CCCCC4)cc3)c3ccc(-c4ccc(-n5c6ccccc6c6ccccc65)cc4)cc3)cc2)CCC1. The number of benzene rings is 6. The third kappa shape index (κ3) is 5.75. The summed E-state index contributed by atoms with van der Waals surface area (Å²) in [5.41, 5.74) is 13.8. The smallest absolute Gasteiger partial charge is 0.0541 e. The fraction of sp³-hybridized carbons (Fsp3) is 0.167. The average molecular weight is 647 g/mol. The average Bonchev–Trinajstić information content (AvgIpc) is 3.54. The normalized spacial score (nSPS) is 16.1. The maximum Gasteiger partial charge on any atom is 0.0541 e. The lowest BCUT2D eigenvalue weighted by Crippen LogP contribution is -2.10. The topological polar surface area (TPSA) is 8.17 Å². The highest BCUT2D eigenvalue weighted by molar-refractivity contribution is 6.09. The quantitative estimate of drug-likeness (QED) is 0.156. The highest BCUT2D eigenvalue weighted by Crippen LogP contribution is 2.39. The van der Waals surface area contributed by atoms with Crippen LogP contribution in [0.15, 0.2) is 164 Å². The first-order chi connectivity index (χ1) is 24.8. The second kappa shape index (κ2) is 13.4. The molecule has 0 fully saturated rings. The molecule has 7 aromatic rings. The Balaban J connectivity index is 1.04. The largest absolute Gasteiger partial charge is 0.311 e. The maximum absolute atomic E-state index is 2.43. The lowest BCUT2D eigenvalue weighted by molar-refractivity contribution is 0.654. The standard InChI is InChI=1S/C48H42N2/c1-3-11-35(12-4-1)37-19-27-41(28-20-37)49(42-29-21-38(22-30-42)36-13-5-2-6-14-36)43-31-23-39(24-32-43)40-25-33-44(34-26-40)50-47-17-9-7-15-45(47)46-16-8-10-18-48(46)50/h3,7-11,13,15-35H,1-2,4-6,12,14H2. The van der Waals surface area contributed by atoms with Crippen LogP contribution in [0, 0.1) is 0 Å². The number of hydrogen-bond acceptors (Lipinski definition) is 1. The van der Waals surface area contributed by atoms with Gasteiger partial charge in [0.1, 0.15) is 0 Å². The Morgan fingerprint density at radius 1 is 0.500 bits per heavy atom. The minimum absolute atomic E-state index is 0.523. The van der Waals surface area contributed by atoms with Gasteiger partial charge in [0.25, 0.3) is 0 Å². The monoisotopic (exact) mass is 646 g/mol. The molecule has 2 aliphatic carbocycles. The molecule has 50 heavy (non-hydrogen) atoms. The van der Waals surface area contributed by atoms with E-state index in [1.807, 2.05) is 0 Å². The third-order valence-corrected chi connectivity index (χ3v) is 10.8. The first-order valence-electron chi connectivity index (χ1n) is 18.4. The number of fused-ring (bicyclic) bond motifs is 3. The summed E-state index contributed by atoms with van der Waals surface area (Å²) in [4.78, 5) is 2.40. The predicted molar refractivity (Wildman–Crippen MR) is 213 cm³/mol. The molecule has 0 aliphatic heterocycles. The fourth-order valence-corrected chi connectivity index (χ4v) is 8.14. The lowest BCUT2D eigenvalue weighted by atomic mass is 9.89. The van der Waals surface area contributed by atoms with Crippen molar-refractivity contribution in [1.82, 2.24) is 4.57 Å². The number of anilines is 3. The maximum atomic E-state index is 2.43. The van der Waals surface area contributed by atoms with Gasteiger partial charge < -0.3 is 9.47 Å². The van der Waals surface area contributed by atoms with Crippen molar-refractivity contribution in [2.75, 3.05) is 4.90 Å². The molecule has 2 nitrogen and oxygen atoms in total. The van der Waals surface area contributed by atoms with Crippen molar-refractivity contribution >= 4 is 44.4 Å². The second-order valence-electron chi connectivity index (χ2n) is 13.9. The Morgan fingerprint density at radius 2 is 1.06 bits per heavy atom. The van der Waals surface area contributed by atoms with Crippen molar-refractivity contribution < 1.29 is 0 Å². The Morgan fingerprint density at radius 3 is 1.62 bits per heavy atom. The van der Waals surface area contributed by atoms with E-state index in [0.29, 0.717) is 5.92 Å². The second-order valence-corrected chi connectivity index (χ2v) is 13.9. The van der Waals surface area contributed by atoms with E-state index in [-0.39, 0.29) is 0 Å². The van der Waals surface area contributed by atoms with Gasteiger partial charge in [0, 0.05) is 39.4 Å². The minimum Gasteiger partial charge on any atom is -0.311 e. The Labute approximate surface area is 295 Å². The lowest BCUT2D eigenvalue weighted by Gasteiger charge is -2.27. The van der Waals surface area contributed by atoms with Crippen molar-refractivity contribution in [2.24, 2.45) is 0 Å². The summed E-state index contributed by atoms with van der Waals surface area (Å²) in [6, 6.07) is 53.9. The minimum atomic E-state index is 0.523.